The van der Waals surface area contributed by atoms with Gasteiger partial charge in [-0.2, -0.15) is 17.4 Å². The fourth-order valence-corrected chi connectivity index (χ4v) is 2.15. The molecular weight excluding hydrogens is 256 g/mol. The van der Waals surface area contributed by atoms with Crippen LogP contribution in [0.25, 0.3) is 0 Å². The molecule has 1 aliphatic rings. The molecule has 7 heteroatoms. The number of rotatable bonds is 4. The molecule has 0 bridgehead atoms. The second-order valence-electron chi connectivity index (χ2n) is 4.13. The second-order valence-corrected chi connectivity index (χ2v) is 6.10. The van der Waals surface area contributed by atoms with Gasteiger partial charge in [0.05, 0.1) is 6.54 Å². The molecule has 1 atom stereocenters. The molecule has 0 saturated heterocycles. The van der Waals surface area contributed by atoms with E-state index >= 15 is 0 Å². The maximum atomic E-state index is 11.5. The number of nitrogens with zero attached hydrogens (tertiary/aromatic N) is 1. The second kappa shape index (κ2) is 5.13. The maximum Gasteiger partial charge on any atom is 0.279 e. The molecule has 0 amide bonds. The lowest BCUT2D eigenvalue weighted by Gasteiger charge is -2.26. The summed E-state index contributed by atoms with van der Waals surface area (Å²) >= 11 is 0. The zero-order valence-corrected chi connectivity index (χ0v) is 11.1. The fraction of sp³-hybridized carbons (Fsp3) is 0.455. The van der Waals surface area contributed by atoms with Crippen LogP contribution in [0.3, 0.4) is 0 Å². The largest absolute Gasteiger partial charge is 0.486 e. The minimum atomic E-state index is -3.43. The van der Waals surface area contributed by atoms with Gasteiger partial charge < -0.3 is 9.47 Å². The van der Waals surface area contributed by atoms with Gasteiger partial charge in [0.25, 0.3) is 10.2 Å². The van der Waals surface area contributed by atoms with Crippen molar-refractivity contribution in [3.05, 3.63) is 24.3 Å². The Bertz CT molecular complexity index is 516. The lowest BCUT2D eigenvalue weighted by Crippen LogP contribution is -2.44. The molecule has 0 fully saturated rings. The predicted octanol–water partition coefficient (Wildman–Crippen LogP) is 0.222. The zero-order valence-electron chi connectivity index (χ0n) is 10.3. The Kier molecular flexibility index (Phi) is 3.74. The number of benzene rings is 1. The van der Waals surface area contributed by atoms with E-state index < -0.39 is 10.2 Å². The molecule has 100 valence electrons. The van der Waals surface area contributed by atoms with Gasteiger partial charge in [-0.05, 0) is 12.1 Å². The highest BCUT2D eigenvalue weighted by atomic mass is 32.2. The van der Waals surface area contributed by atoms with Crippen LogP contribution in [-0.2, 0) is 10.2 Å². The number of fused-ring (bicyclic) bond motifs is 1. The molecule has 0 spiro atoms. The molecule has 0 aliphatic carbocycles. The molecule has 1 heterocycles. The summed E-state index contributed by atoms with van der Waals surface area (Å²) in [5, 5.41) is 0. The Balaban J connectivity index is 1.95. The standard InChI is InChI=1S/C11H16N2O4S/c1-13(2)18(14,15)12-7-9-8-16-10-5-3-4-6-11(10)17-9/h3-6,9,12H,7-8H2,1-2H3. The normalized spacial score (nSPS) is 18.9. The summed E-state index contributed by atoms with van der Waals surface area (Å²) in [6, 6.07) is 7.31. The molecule has 2 rings (SSSR count). The first-order valence-electron chi connectivity index (χ1n) is 5.54. The Morgan fingerprint density at radius 2 is 2.00 bits per heavy atom. The number of hydrogen-bond acceptors (Lipinski definition) is 4. The van der Waals surface area contributed by atoms with Crippen LogP contribution in [0.1, 0.15) is 0 Å². The van der Waals surface area contributed by atoms with Crippen molar-refractivity contribution in [2.45, 2.75) is 6.10 Å². The van der Waals surface area contributed by atoms with E-state index in [-0.39, 0.29) is 12.6 Å². The van der Waals surface area contributed by atoms with E-state index in [2.05, 4.69) is 4.72 Å². The number of hydrogen-bond donors (Lipinski definition) is 1. The van der Waals surface area contributed by atoms with E-state index in [1.807, 2.05) is 18.2 Å². The van der Waals surface area contributed by atoms with Crippen molar-refractivity contribution in [1.82, 2.24) is 9.03 Å². The average molecular weight is 272 g/mol. The van der Waals surface area contributed by atoms with Gasteiger partial charge in [0.15, 0.2) is 11.5 Å². The monoisotopic (exact) mass is 272 g/mol. The number of ether oxygens (including phenoxy) is 2. The van der Waals surface area contributed by atoms with Crippen molar-refractivity contribution >= 4 is 10.2 Å². The van der Waals surface area contributed by atoms with Crippen LogP contribution in [0.15, 0.2) is 24.3 Å². The highest BCUT2D eigenvalue weighted by Crippen LogP contribution is 2.30. The molecule has 1 aromatic rings. The van der Waals surface area contributed by atoms with E-state index in [0.717, 1.165) is 4.31 Å². The first kappa shape index (κ1) is 13.1. The van der Waals surface area contributed by atoms with Gasteiger partial charge in [0.1, 0.15) is 12.7 Å². The molecule has 1 aromatic carbocycles. The van der Waals surface area contributed by atoms with Crippen molar-refractivity contribution < 1.29 is 17.9 Å². The highest BCUT2D eigenvalue weighted by molar-refractivity contribution is 7.87. The van der Waals surface area contributed by atoms with Gasteiger partial charge >= 0.3 is 0 Å². The number of nitrogens with one attached hydrogen (secondary N) is 1. The fourth-order valence-electron chi connectivity index (χ4n) is 1.49. The van der Waals surface area contributed by atoms with Gasteiger partial charge in [-0.25, -0.2) is 0 Å². The Hall–Kier alpha value is -1.31. The maximum absolute atomic E-state index is 11.5. The van der Waals surface area contributed by atoms with Crippen molar-refractivity contribution in [3.8, 4) is 11.5 Å². The highest BCUT2D eigenvalue weighted by Gasteiger charge is 2.23. The van der Waals surface area contributed by atoms with Crippen molar-refractivity contribution in [1.29, 1.82) is 0 Å². The van der Waals surface area contributed by atoms with Gasteiger partial charge in [0, 0.05) is 14.1 Å². The Morgan fingerprint density at radius 1 is 1.33 bits per heavy atom. The van der Waals surface area contributed by atoms with Crippen molar-refractivity contribution in [2.75, 3.05) is 27.2 Å². The lowest BCUT2D eigenvalue weighted by molar-refractivity contribution is 0.0940. The van der Waals surface area contributed by atoms with Crippen LogP contribution in [0.5, 0.6) is 11.5 Å². The quantitative estimate of drug-likeness (QED) is 0.851. The summed E-state index contributed by atoms with van der Waals surface area (Å²) in [6.45, 7) is 0.502. The molecule has 1 aliphatic heterocycles. The first-order chi connectivity index (χ1) is 8.49. The Morgan fingerprint density at radius 3 is 2.67 bits per heavy atom. The molecule has 18 heavy (non-hydrogen) atoms. The smallest absolute Gasteiger partial charge is 0.279 e. The molecular formula is C11H16N2O4S. The SMILES string of the molecule is CN(C)S(=O)(=O)NCC1COc2ccccc2O1. The van der Waals surface area contributed by atoms with Gasteiger partial charge in [-0.3, -0.25) is 0 Å². The van der Waals surface area contributed by atoms with Crippen LogP contribution in [-0.4, -0.2) is 46.1 Å². The minimum Gasteiger partial charge on any atom is -0.486 e. The molecule has 1 N–H and O–H groups in total. The van der Waals surface area contributed by atoms with Crippen LogP contribution >= 0.6 is 0 Å². The van der Waals surface area contributed by atoms with Gasteiger partial charge in [-0.1, -0.05) is 12.1 Å². The van der Waals surface area contributed by atoms with Crippen molar-refractivity contribution in [3.63, 3.8) is 0 Å². The van der Waals surface area contributed by atoms with Crippen molar-refractivity contribution in [2.24, 2.45) is 0 Å². The summed E-state index contributed by atoms with van der Waals surface area (Å²) in [6.07, 6.45) is -0.324. The van der Waals surface area contributed by atoms with Crippen LogP contribution in [0.4, 0.5) is 0 Å². The van der Waals surface area contributed by atoms with E-state index in [0.29, 0.717) is 18.1 Å². The summed E-state index contributed by atoms with van der Waals surface area (Å²) in [7, 11) is -0.491. The molecule has 0 saturated carbocycles. The zero-order chi connectivity index (χ0) is 13.2. The third-order valence-electron chi connectivity index (χ3n) is 2.54. The van der Waals surface area contributed by atoms with Gasteiger partial charge in [0.2, 0.25) is 0 Å². The lowest BCUT2D eigenvalue weighted by atomic mass is 10.2. The van der Waals surface area contributed by atoms with E-state index in [4.69, 9.17) is 9.47 Å². The summed E-state index contributed by atoms with van der Waals surface area (Å²) in [5.74, 6) is 1.32. The number of para-hydroxylation sites is 2. The summed E-state index contributed by atoms with van der Waals surface area (Å²) in [5.41, 5.74) is 0. The third-order valence-corrected chi connectivity index (χ3v) is 4.03. The molecule has 0 aromatic heterocycles. The van der Waals surface area contributed by atoms with Gasteiger partial charge in [-0.15, -0.1) is 0 Å². The van der Waals surface area contributed by atoms with Crippen LogP contribution in [0.2, 0.25) is 0 Å². The van der Waals surface area contributed by atoms with Crippen LogP contribution in [0, 0.1) is 0 Å². The molecule has 6 nitrogen and oxygen atoms in total. The summed E-state index contributed by atoms with van der Waals surface area (Å²) in [4.78, 5) is 0. The van der Waals surface area contributed by atoms with E-state index in [1.165, 1.54) is 14.1 Å². The average Bonchev–Trinajstić information content (AvgIpc) is 2.36. The van der Waals surface area contributed by atoms with E-state index in [9.17, 15) is 8.42 Å². The molecule has 0 radical (unpaired) electrons. The van der Waals surface area contributed by atoms with E-state index in [1.54, 1.807) is 6.07 Å². The molecule has 1 unspecified atom stereocenters. The topological polar surface area (TPSA) is 67.9 Å². The van der Waals surface area contributed by atoms with Crippen LogP contribution < -0.4 is 14.2 Å². The Labute approximate surface area is 107 Å². The third kappa shape index (κ3) is 2.92. The summed E-state index contributed by atoms with van der Waals surface area (Å²) < 4.78 is 37.8. The first-order valence-corrected chi connectivity index (χ1v) is 6.98. The predicted molar refractivity (Wildman–Crippen MR) is 67.0 cm³/mol. The minimum absolute atomic E-state index is 0.175.